The smallest absolute Gasteiger partial charge is 0.151 e. The molecule has 12 heavy (non-hydrogen) atoms. The first-order chi connectivity index (χ1) is 5.86. The lowest BCUT2D eigenvalue weighted by Gasteiger charge is -2.06. The van der Waals surface area contributed by atoms with Crippen LogP contribution in [0.2, 0.25) is 0 Å². The Bertz CT molecular complexity index is 236. The molecule has 0 bridgehead atoms. The zero-order chi connectivity index (χ0) is 8.81. The molecule has 1 aromatic carbocycles. The third-order valence-electron chi connectivity index (χ3n) is 1.61. The van der Waals surface area contributed by atoms with Crippen LogP contribution in [0.15, 0.2) is 30.3 Å². The van der Waals surface area contributed by atoms with Crippen LogP contribution in [0.4, 0.5) is 0 Å². The molecular formula is C9H11NO2. The monoisotopic (exact) mass is 165 g/mol. The highest BCUT2D eigenvalue weighted by Crippen LogP contribution is 2.02. The number of aldehydes is 1. The van der Waals surface area contributed by atoms with E-state index in [-0.39, 0.29) is 0 Å². The molecule has 1 rings (SSSR count). The fourth-order valence-electron chi connectivity index (χ4n) is 0.975. The highest BCUT2D eigenvalue weighted by atomic mass is 16.6. The summed E-state index contributed by atoms with van der Waals surface area (Å²) in [6.45, 7) is 0. The molecule has 0 saturated carbocycles. The summed E-state index contributed by atoms with van der Waals surface area (Å²) < 4.78 is 0. The Labute approximate surface area is 71.1 Å². The number of carbonyl (C=O) groups excluding carboxylic acids is 1. The normalized spacial score (nSPS) is 12.4. The highest BCUT2D eigenvalue weighted by Gasteiger charge is 2.05. The first-order valence-electron chi connectivity index (χ1n) is 3.71. The Balaban J connectivity index is 2.56. The topological polar surface area (TPSA) is 52.3 Å². The van der Waals surface area contributed by atoms with Gasteiger partial charge in [-0.1, -0.05) is 30.3 Å². The average Bonchev–Trinajstić information content (AvgIpc) is 2.16. The quantitative estimate of drug-likeness (QED) is 0.527. The Morgan fingerprint density at radius 3 is 2.58 bits per heavy atom. The molecule has 0 fully saturated rings. The number of rotatable bonds is 4. The van der Waals surface area contributed by atoms with Gasteiger partial charge in [0.2, 0.25) is 0 Å². The second-order valence-electron chi connectivity index (χ2n) is 2.50. The molecule has 0 saturated heterocycles. The predicted octanol–water partition coefficient (Wildman–Crippen LogP) is 0.687. The summed E-state index contributed by atoms with van der Waals surface area (Å²) in [4.78, 5) is 14.8. The highest BCUT2D eigenvalue weighted by molar-refractivity contribution is 5.56. The number of carbonyl (C=O) groups is 1. The van der Waals surface area contributed by atoms with E-state index in [9.17, 15) is 4.79 Å². The maximum atomic E-state index is 10.3. The fraction of sp³-hybridized carbons (Fsp3) is 0.222. The zero-order valence-electron chi connectivity index (χ0n) is 6.64. The van der Waals surface area contributed by atoms with Gasteiger partial charge in [0.15, 0.2) is 6.29 Å². The maximum absolute atomic E-state index is 10.3. The van der Waals surface area contributed by atoms with Crippen molar-refractivity contribution in [2.45, 2.75) is 12.5 Å². The molecule has 3 heteroatoms. The molecule has 1 aromatic rings. The van der Waals surface area contributed by atoms with Crippen LogP contribution in [-0.2, 0) is 16.1 Å². The van der Waals surface area contributed by atoms with E-state index in [1.807, 2.05) is 30.3 Å². The first kappa shape index (κ1) is 8.90. The summed E-state index contributed by atoms with van der Waals surface area (Å²) in [7, 11) is 0. The molecule has 1 atom stereocenters. The second-order valence-corrected chi connectivity index (χ2v) is 2.50. The number of nitrogens with two attached hydrogens (primary N) is 1. The first-order valence-corrected chi connectivity index (χ1v) is 3.71. The van der Waals surface area contributed by atoms with Gasteiger partial charge in [-0.3, -0.25) is 4.84 Å². The van der Waals surface area contributed by atoms with Crippen LogP contribution in [0.3, 0.4) is 0 Å². The standard InChI is InChI=1S/C9H11NO2/c10-12-9(7-11)6-8-4-2-1-3-5-8/h1-5,7,9H,6,10H2. The molecule has 0 aromatic heterocycles. The van der Waals surface area contributed by atoms with Crippen LogP contribution in [0.25, 0.3) is 0 Å². The minimum absolute atomic E-state index is 0.529. The Kier molecular flexibility index (Phi) is 3.44. The lowest BCUT2D eigenvalue weighted by Crippen LogP contribution is -2.21. The molecule has 0 aliphatic heterocycles. The van der Waals surface area contributed by atoms with E-state index in [1.165, 1.54) is 0 Å². The summed E-state index contributed by atoms with van der Waals surface area (Å²) in [5, 5.41) is 0. The van der Waals surface area contributed by atoms with Gasteiger partial charge >= 0.3 is 0 Å². The van der Waals surface area contributed by atoms with Crippen LogP contribution in [-0.4, -0.2) is 12.4 Å². The third kappa shape index (κ3) is 2.45. The van der Waals surface area contributed by atoms with Gasteiger partial charge in [0.25, 0.3) is 0 Å². The van der Waals surface area contributed by atoms with Crippen LogP contribution >= 0.6 is 0 Å². The largest absolute Gasteiger partial charge is 0.300 e. The van der Waals surface area contributed by atoms with E-state index in [0.29, 0.717) is 12.7 Å². The van der Waals surface area contributed by atoms with E-state index < -0.39 is 6.10 Å². The Hall–Kier alpha value is -1.19. The van der Waals surface area contributed by atoms with Crippen molar-refractivity contribution in [2.75, 3.05) is 0 Å². The van der Waals surface area contributed by atoms with Crippen molar-refractivity contribution >= 4 is 6.29 Å². The van der Waals surface area contributed by atoms with Crippen molar-refractivity contribution in [3.63, 3.8) is 0 Å². The Morgan fingerprint density at radius 1 is 1.42 bits per heavy atom. The van der Waals surface area contributed by atoms with Crippen molar-refractivity contribution in [2.24, 2.45) is 5.90 Å². The van der Waals surface area contributed by atoms with Gasteiger partial charge < -0.3 is 4.79 Å². The van der Waals surface area contributed by atoms with Gasteiger partial charge in [-0.2, -0.15) is 0 Å². The SMILES string of the molecule is NOC(C=O)Cc1ccccc1. The van der Waals surface area contributed by atoms with E-state index in [4.69, 9.17) is 5.90 Å². The average molecular weight is 165 g/mol. The van der Waals surface area contributed by atoms with Crippen LogP contribution < -0.4 is 5.90 Å². The van der Waals surface area contributed by atoms with Crippen LogP contribution in [0, 0.1) is 0 Å². The molecule has 0 spiro atoms. The van der Waals surface area contributed by atoms with Gasteiger partial charge in [0.1, 0.15) is 6.10 Å². The molecule has 3 nitrogen and oxygen atoms in total. The number of hydrogen-bond donors (Lipinski definition) is 1. The summed E-state index contributed by atoms with van der Waals surface area (Å²) >= 11 is 0. The summed E-state index contributed by atoms with van der Waals surface area (Å²) in [6, 6.07) is 9.59. The van der Waals surface area contributed by atoms with E-state index in [0.717, 1.165) is 5.56 Å². The Morgan fingerprint density at radius 2 is 2.08 bits per heavy atom. The minimum Gasteiger partial charge on any atom is -0.300 e. The van der Waals surface area contributed by atoms with Gasteiger partial charge in [-0.25, -0.2) is 5.90 Å². The molecule has 0 aliphatic carbocycles. The van der Waals surface area contributed by atoms with Gasteiger partial charge in [-0.15, -0.1) is 0 Å². The third-order valence-corrected chi connectivity index (χ3v) is 1.61. The fourth-order valence-corrected chi connectivity index (χ4v) is 0.975. The molecule has 64 valence electrons. The minimum atomic E-state index is -0.535. The molecule has 2 N–H and O–H groups in total. The maximum Gasteiger partial charge on any atom is 0.151 e. The van der Waals surface area contributed by atoms with Gasteiger partial charge in [-0.05, 0) is 5.56 Å². The lowest BCUT2D eigenvalue weighted by molar-refractivity contribution is -0.118. The molecule has 0 heterocycles. The van der Waals surface area contributed by atoms with Crippen molar-refractivity contribution < 1.29 is 9.63 Å². The molecule has 1 unspecified atom stereocenters. The van der Waals surface area contributed by atoms with E-state index in [1.54, 1.807) is 0 Å². The van der Waals surface area contributed by atoms with Gasteiger partial charge in [0, 0.05) is 6.42 Å². The second kappa shape index (κ2) is 4.64. The van der Waals surface area contributed by atoms with Gasteiger partial charge in [0.05, 0.1) is 0 Å². The molecular weight excluding hydrogens is 154 g/mol. The summed E-state index contributed by atoms with van der Waals surface area (Å²) in [5.41, 5.74) is 1.04. The van der Waals surface area contributed by atoms with Crippen LogP contribution in [0.5, 0.6) is 0 Å². The molecule has 0 amide bonds. The number of benzene rings is 1. The summed E-state index contributed by atoms with van der Waals surface area (Å²) in [5.74, 6) is 4.90. The van der Waals surface area contributed by atoms with E-state index in [2.05, 4.69) is 4.84 Å². The van der Waals surface area contributed by atoms with Crippen molar-refractivity contribution in [1.29, 1.82) is 0 Å². The van der Waals surface area contributed by atoms with Crippen molar-refractivity contribution in [3.8, 4) is 0 Å². The zero-order valence-corrected chi connectivity index (χ0v) is 6.64. The van der Waals surface area contributed by atoms with Crippen LogP contribution in [0.1, 0.15) is 5.56 Å². The van der Waals surface area contributed by atoms with E-state index >= 15 is 0 Å². The molecule has 0 aliphatic rings. The predicted molar refractivity (Wildman–Crippen MR) is 45.3 cm³/mol. The van der Waals surface area contributed by atoms with Crippen molar-refractivity contribution in [3.05, 3.63) is 35.9 Å². The lowest BCUT2D eigenvalue weighted by atomic mass is 10.1. The molecule has 0 radical (unpaired) electrons. The summed E-state index contributed by atoms with van der Waals surface area (Å²) in [6.07, 6.45) is 0.695. The number of hydrogen-bond acceptors (Lipinski definition) is 3. The van der Waals surface area contributed by atoms with Crippen molar-refractivity contribution in [1.82, 2.24) is 0 Å².